The Morgan fingerprint density at radius 2 is 1.95 bits per heavy atom. The lowest BCUT2D eigenvalue weighted by atomic mass is 10.1. The van der Waals surface area contributed by atoms with Gasteiger partial charge in [-0.1, -0.05) is 18.2 Å². The minimum atomic E-state index is -0.444. The van der Waals surface area contributed by atoms with Crippen LogP contribution < -0.4 is 15.2 Å². The molecule has 4 nitrogen and oxygen atoms in total. The summed E-state index contributed by atoms with van der Waals surface area (Å²) in [6, 6.07) is 11.5. The molecule has 104 valence electrons. The van der Waals surface area contributed by atoms with Gasteiger partial charge in [0, 0.05) is 17.2 Å². The molecule has 20 heavy (non-hydrogen) atoms. The van der Waals surface area contributed by atoms with E-state index >= 15 is 0 Å². The van der Waals surface area contributed by atoms with Crippen LogP contribution in [0.5, 0.6) is 11.5 Å². The molecule has 0 atom stereocenters. The van der Waals surface area contributed by atoms with E-state index in [0.29, 0.717) is 22.6 Å². The Morgan fingerprint density at radius 3 is 2.60 bits per heavy atom. The molecule has 0 fully saturated rings. The zero-order valence-electron chi connectivity index (χ0n) is 11.0. The number of nitrogens with two attached hydrogens (primary N) is 1. The number of halogens is 1. The molecule has 0 saturated heterocycles. The van der Waals surface area contributed by atoms with Gasteiger partial charge in [0.15, 0.2) is 0 Å². The predicted octanol–water partition coefficient (Wildman–Crippen LogP) is 2.70. The molecule has 0 aromatic heterocycles. The van der Waals surface area contributed by atoms with Crippen molar-refractivity contribution in [3.8, 4) is 11.5 Å². The SMILES string of the molecule is COc1cccc(OCc2ccc(C(=N)N)cc2F)c1. The van der Waals surface area contributed by atoms with E-state index in [0.717, 1.165) is 0 Å². The number of nitrogen functional groups attached to an aromatic ring is 1. The first-order valence-electron chi connectivity index (χ1n) is 6.00. The summed E-state index contributed by atoms with van der Waals surface area (Å²) in [5.74, 6) is 0.666. The Morgan fingerprint density at radius 1 is 1.20 bits per heavy atom. The van der Waals surface area contributed by atoms with Crippen LogP contribution in [0.25, 0.3) is 0 Å². The summed E-state index contributed by atoms with van der Waals surface area (Å²) in [4.78, 5) is 0. The van der Waals surface area contributed by atoms with Gasteiger partial charge < -0.3 is 15.2 Å². The highest BCUT2D eigenvalue weighted by Gasteiger charge is 2.06. The normalized spacial score (nSPS) is 10.1. The van der Waals surface area contributed by atoms with Crippen molar-refractivity contribution in [2.75, 3.05) is 7.11 Å². The average Bonchev–Trinajstić information content (AvgIpc) is 2.46. The highest BCUT2D eigenvalue weighted by atomic mass is 19.1. The zero-order chi connectivity index (χ0) is 14.5. The molecule has 0 bridgehead atoms. The third kappa shape index (κ3) is 3.26. The van der Waals surface area contributed by atoms with Crippen molar-refractivity contribution in [1.82, 2.24) is 0 Å². The van der Waals surface area contributed by atoms with E-state index in [1.165, 1.54) is 6.07 Å². The van der Waals surface area contributed by atoms with Gasteiger partial charge in [-0.25, -0.2) is 4.39 Å². The van der Waals surface area contributed by atoms with Crippen molar-refractivity contribution < 1.29 is 13.9 Å². The van der Waals surface area contributed by atoms with Crippen LogP contribution in [0.3, 0.4) is 0 Å². The standard InChI is InChI=1S/C15H15FN2O2/c1-19-12-3-2-4-13(8-12)20-9-11-6-5-10(15(17)18)7-14(11)16/h2-8H,9H2,1H3,(H3,17,18). The number of hydrogen-bond acceptors (Lipinski definition) is 3. The number of ether oxygens (including phenoxy) is 2. The second-order valence-electron chi connectivity index (χ2n) is 4.19. The van der Waals surface area contributed by atoms with Crippen LogP contribution >= 0.6 is 0 Å². The van der Waals surface area contributed by atoms with Crippen LogP contribution in [0.15, 0.2) is 42.5 Å². The van der Waals surface area contributed by atoms with Crippen LogP contribution in [0.4, 0.5) is 4.39 Å². The van der Waals surface area contributed by atoms with Gasteiger partial charge >= 0.3 is 0 Å². The number of rotatable bonds is 5. The summed E-state index contributed by atoms with van der Waals surface area (Å²) in [5.41, 5.74) is 6.06. The summed E-state index contributed by atoms with van der Waals surface area (Å²) < 4.78 is 24.4. The Labute approximate surface area is 116 Å². The molecule has 5 heteroatoms. The van der Waals surface area contributed by atoms with Gasteiger partial charge in [-0.15, -0.1) is 0 Å². The first-order valence-corrected chi connectivity index (χ1v) is 6.00. The molecule has 0 saturated carbocycles. The molecule has 0 aliphatic heterocycles. The quantitative estimate of drug-likeness (QED) is 0.650. The molecule has 0 heterocycles. The summed E-state index contributed by atoms with van der Waals surface area (Å²) in [6.07, 6.45) is 0. The molecule has 3 N–H and O–H groups in total. The molecule has 2 rings (SSSR count). The zero-order valence-corrected chi connectivity index (χ0v) is 11.0. The van der Waals surface area contributed by atoms with Gasteiger partial charge in [0.05, 0.1) is 7.11 Å². The van der Waals surface area contributed by atoms with E-state index in [1.54, 1.807) is 43.5 Å². The van der Waals surface area contributed by atoms with Crippen molar-refractivity contribution in [2.24, 2.45) is 5.73 Å². The third-order valence-electron chi connectivity index (χ3n) is 2.80. The number of nitrogens with one attached hydrogen (secondary N) is 1. The highest BCUT2D eigenvalue weighted by Crippen LogP contribution is 2.20. The van der Waals surface area contributed by atoms with Crippen LogP contribution in [-0.2, 0) is 6.61 Å². The topological polar surface area (TPSA) is 68.3 Å². The van der Waals surface area contributed by atoms with Crippen LogP contribution in [0.1, 0.15) is 11.1 Å². The highest BCUT2D eigenvalue weighted by molar-refractivity contribution is 5.94. The van der Waals surface area contributed by atoms with Gasteiger partial charge in [0.1, 0.15) is 29.8 Å². The number of benzene rings is 2. The van der Waals surface area contributed by atoms with Crippen molar-refractivity contribution in [1.29, 1.82) is 5.41 Å². The predicted molar refractivity (Wildman–Crippen MR) is 74.7 cm³/mol. The maximum Gasteiger partial charge on any atom is 0.130 e. The fourth-order valence-electron chi connectivity index (χ4n) is 1.68. The van der Waals surface area contributed by atoms with Gasteiger partial charge in [-0.05, 0) is 18.2 Å². The summed E-state index contributed by atoms with van der Waals surface area (Å²) in [6.45, 7) is 0.0944. The number of hydrogen-bond donors (Lipinski definition) is 2. The molecule has 2 aromatic carbocycles. The van der Waals surface area contributed by atoms with Gasteiger partial charge in [0.25, 0.3) is 0 Å². The van der Waals surface area contributed by atoms with E-state index in [9.17, 15) is 4.39 Å². The maximum absolute atomic E-state index is 13.8. The minimum Gasteiger partial charge on any atom is -0.497 e. The molecule has 0 amide bonds. The van der Waals surface area contributed by atoms with Crippen molar-refractivity contribution in [3.63, 3.8) is 0 Å². The lowest BCUT2D eigenvalue weighted by molar-refractivity contribution is 0.297. The molecule has 2 aromatic rings. The molecular formula is C15H15FN2O2. The Bertz CT molecular complexity index is 629. The van der Waals surface area contributed by atoms with E-state index in [2.05, 4.69) is 0 Å². The molecule has 0 radical (unpaired) electrons. The van der Waals surface area contributed by atoms with Crippen LogP contribution in [-0.4, -0.2) is 12.9 Å². The van der Waals surface area contributed by atoms with Crippen molar-refractivity contribution in [2.45, 2.75) is 6.61 Å². The summed E-state index contributed by atoms with van der Waals surface area (Å²) in [5, 5.41) is 7.25. The fraction of sp³-hybridized carbons (Fsp3) is 0.133. The largest absolute Gasteiger partial charge is 0.497 e. The average molecular weight is 274 g/mol. The van der Waals surface area contributed by atoms with Gasteiger partial charge in [-0.3, -0.25) is 5.41 Å². The molecular weight excluding hydrogens is 259 g/mol. The monoisotopic (exact) mass is 274 g/mol. The Balaban J connectivity index is 2.08. The molecule has 0 aliphatic rings. The van der Waals surface area contributed by atoms with Crippen molar-refractivity contribution >= 4 is 5.84 Å². The lowest BCUT2D eigenvalue weighted by Gasteiger charge is -2.09. The van der Waals surface area contributed by atoms with Crippen LogP contribution in [0.2, 0.25) is 0 Å². The maximum atomic E-state index is 13.8. The first kappa shape index (κ1) is 13.9. The van der Waals surface area contributed by atoms with E-state index in [1.807, 2.05) is 0 Å². The number of methoxy groups -OCH3 is 1. The second-order valence-corrected chi connectivity index (χ2v) is 4.19. The Hall–Kier alpha value is -2.56. The Kier molecular flexibility index (Phi) is 4.20. The fourth-order valence-corrected chi connectivity index (χ4v) is 1.68. The summed E-state index contributed by atoms with van der Waals surface area (Å²) >= 11 is 0. The summed E-state index contributed by atoms with van der Waals surface area (Å²) in [7, 11) is 1.57. The molecule has 0 unspecified atom stereocenters. The lowest BCUT2D eigenvalue weighted by Crippen LogP contribution is -2.12. The van der Waals surface area contributed by atoms with Gasteiger partial charge in [0.2, 0.25) is 0 Å². The second kappa shape index (κ2) is 6.06. The van der Waals surface area contributed by atoms with E-state index < -0.39 is 5.82 Å². The van der Waals surface area contributed by atoms with Crippen LogP contribution in [0, 0.1) is 11.2 Å². The minimum absolute atomic E-state index is 0.0944. The third-order valence-corrected chi connectivity index (χ3v) is 2.80. The smallest absolute Gasteiger partial charge is 0.130 e. The van der Waals surface area contributed by atoms with Crippen molar-refractivity contribution in [3.05, 3.63) is 59.4 Å². The van der Waals surface area contributed by atoms with E-state index in [4.69, 9.17) is 20.6 Å². The first-order chi connectivity index (χ1) is 9.60. The molecule has 0 aliphatic carbocycles. The van der Waals surface area contributed by atoms with E-state index in [-0.39, 0.29) is 12.4 Å². The number of amidine groups is 1. The molecule has 0 spiro atoms. The van der Waals surface area contributed by atoms with Gasteiger partial charge in [-0.2, -0.15) is 0 Å².